The molecular weight excluding hydrogens is 326 g/mol. The molecule has 0 aliphatic carbocycles. The summed E-state index contributed by atoms with van der Waals surface area (Å²) in [6.07, 6.45) is 5.77. The van der Waals surface area contributed by atoms with E-state index >= 15 is 0 Å². The molecule has 0 saturated heterocycles. The van der Waals surface area contributed by atoms with Crippen molar-refractivity contribution in [3.8, 4) is 11.3 Å². The molecule has 27 heavy (non-hydrogen) atoms. The van der Waals surface area contributed by atoms with Crippen LogP contribution in [0.5, 0.6) is 0 Å². The van der Waals surface area contributed by atoms with E-state index in [1.54, 1.807) is 0 Å². The van der Waals surface area contributed by atoms with Gasteiger partial charge < -0.3 is 0 Å². The molecule has 1 atom stereocenters. The Morgan fingerprint density at radius 1 is 0.852 bits per heavy atom. The second-order valence-electron chi connectivity index (χ2n) is 8.53. The maximum Gasteiger partial charge on any atom is 0.221 e. The van der Waals surface area contributed by atoms with Gasteiger partial charge in [-0.2, -0.15) is 4.57 Å². The van der Waals surface area contributed by atoms with E-state index in [1.807, 2.05) is 0 Å². The monoisotopic (exact) mass is 358 g/mol. The van der Waals surface area contributed by atoms with Crippen molar-refractivity contribution >= 4 is 10.8 Å². The van der Waals surface area contributed by atoms with Gasteiger partial charge in [-0.3, -0.25) is 0 Å². The molecule has 2 aromatic carbocycles. The van der Waals surface area contributed by atoms with Gasteiger partial charge in [-0.25, -0.2) is 0 Å². The van der Waals surface area contributed by atoms with E-state index in [9.17, 15) is 0 Å². The lowest BCUT2D eigenvalue weighted by atomic mass is 9.58. The quantitative estimate of drug-likeness (QED) is 0.464. The van der Waals surface area contributed by atoms with Gasteiger partial charge in [-0.15, -0.1) is 0 Å². The molecule has 1 aromatic heterocycles. The lowest BCUT2D eigenvalue weighted by Crippen LogP contribution is -2.68. The molecule has 1 aliphatic heterocycles. The highest BCUT2D eigenvalue weighted by atomic mass is 15.1. The summed E-state index contributed by atoms with van der Waals surface area (Å²) in [5, 5.41) is 2.70. The van der Waals surface area contributed by atoms with Crippen molar-refractivity contribution in [2.45, 2.75) is 71.8 Å². The zero-order chi connectivity index (χ0) is 19.4. The van der Waals surface area contributed by atoms with Crippen molar-refractivity contribution in [3.63, 3.8) is 0 Å². The lowest BCUT2D eigenvalue weighted by Gasteiger charge is -2.48. The average Bonchev–Trinajstić information content (AvgIpc) is 2.70. The SMILES string of the molecule is CCC1(C)c2cc(C)c(C)cc2-c2c3ccccc3cc[n+]2C1(CC)CC. The summed E-state index contributed by atoms with van der Waals surface area (Å²) in [5.41, 5.74) is 7.36. The Morgan fingerprint density at radius 2 is 1.52 bits per heavy atom. The summed E-state index contributed by atoms with van der Waals surface area (Å²) < 4.78 is 2.63. The maximum absolute atomic E-state index is 2.63. The molecule has 4 rings (SSSR count). The Kier molecular flexibility index (Phi) is 4.18. The molecular formula is C26H32N+. The van der Waals surface area contributed by atoms with Crippen molar-refractivity contribution in [2.75, 3.05) is 0 Å². The highest BCUT2D eigenvalue weighted by Gasteiger charge is 2.58. The Balaban J connectivity index is 2.25. The molecule has 1 unspecified atom stereocenters. The second-order valence-corrected chi connectivity index (χ2v) is 8.53. The minimum absolute atomic E-state index is 0.0931. The van der Waals surface area contributed by atoms with Gasteiger partial charge in [0, 0.05) is 18.9 Å². The predicted octanol–water partition coefficient (Wildman–Crippen LogP) is 6.61. The lowest BCUT2D eigenvalue weighted by molar-refractivity contribution is -0.768. The van der Waals surface area contributed by atoms with Crippen LogP contribution in [-0.4, -0.2) is 0 Å². The van der Waals surface area contributed by atoms with E-state index in [0.717, 1.165) is 19.3 Å². The molecule has 0 N–H and O–H groups in total. The summed E-state index contributed by atoms with van der Waals surface area (Å²) in [5.74, 6) is 0. The van der Waals surface area contributed by atoms with Gasteiger partial charge >= 0.3 is 0 Å². The Morgan fingerprint density at radius 3 is 2.19 bits per heavy atom. The molecule has 1 aliphatic rings. The highest BCUT2D eigenvalue weighted by Crippen LogP contribution is 2.52. The number of benzene rings is 2. The molecule has 0 bridgehead atoms. The van der Waals surface area contributed by atoms with Gasteiger partial charge in [-0.1, -0.05) is 45.0 Å². The van der Waals surface area contributed by atoms with Crippen LogP contribution in [0.3, 0.4) is 0 Å². The zero-order valence-corrected chi connectivity index (χ0v) is 17.7. The van der Waals surface area contributed by atoms with Gasteiger partial charge in [0.25, 0.3) is 0 Å². The van der Waals surface area contributed by atoms with Crippen molar-refractivity contribution < 1.29 is 4.57 Å². The molecule has 1 nitrogen and oxygen atoms in total. The highest BCUT2D eigenvalue weighted by molar-refractivity contribution is 5.94. The molecule has 140 valence electrons. The van der Waals surface area contributed by atoms with Crippen LogP contribution in [0.15, 0.2) is 48.7 Å². The van der Waals surface area contributed by atoms with Crippen LogP contribution in [0.25, 0.3) is 22.0 Å². The number of aromatic nitrogens is 1. The Bertz CT molecular complexity index is 1030. The minimum Gasteiger partial charge on any atom is -0.192 e. The topological polar surface area (TPSA) is 3.88 Å². The van der Waals surface area contributed by atoms with Gasteiger partial charge in [-0.05, 0) is 61.4 Å². The third kappa shape index (κ3) is 2.21. The first-order chi connectivity index (χ1) is 12.9. The van der Waals surface area contributed by atoms with Crippen LogP contribution < -0.4 is 4.57 Å². The zero-order valence-electron chi connectivity index (χ0n) is 17.7. The normalized spacial score (nSPS) is 20.4. The third-order valence-electron chi connectivity index (χ3n) is 7.71. The number of rotatable bonds is 3. The van der Waals surface area contributed by atoms with E-state index < -0.39 is 0 Å². The van der Waals surface area contributed by atoms with E-state index in [-0.39, 0.29) is 11.0 Å². The van der Waals surface area contributed by atoms with Crippen LogP contribution in [0.1, 0.15) is 63.6 Å². The van der Waals surface area contributed by atoms with Crippen molar-refractivity contribution in [1.82, 2.24) is 0 Å². The molecule has 3 aromatic rings. The first kappa shape index (κ1) is 18.2. The first-order valence-electron chi connectivity index (χ1n) is 10.5. The predicted molar refractivity (Wildman–Crippen MR) is 115 cm³/mol. The van der Waals surface area contributed by atoms with E-state index in [2.05, 4.69) is 94.8 Å². The van der Waals surface area contributed by atoms with E-state index in [0.29, 0.717) is 0 Å². The Labute approximate surface area is 164 Å². The van der Waals surface area contributed by atoms with E-state index in [1.165, 1.54) is 38.7 Å². The maximum atomic E-state index is 2.63. The fourth-order valence-electron chi connectivity index (χ4n) is 5.72. The number of hydrogen-bond donors (Lipinski definition) is 0. The molecule has 1 heteroatoms. The van der Waals surface area contributed by atoms with Crippen LogP contribution in [0.2, 0.25) is 0 Å². The number of fused-ring (bicyclic) bond motifs is 5. The number of hydrogen-bond acceptors (Lipinski definition) is 0. The molecule has 0 amide bonds. The minimum atomic E-state index is 0.0931. The van der Waals surface area contributed by atoms with Crippen molar-refractivity contribution in [1.29, 1.82) is 0 Å². The summed E-state index contributed by atoms with van der Waals surface area (Å²) in [6, 6.07) is 16.1. The number of pyridine rings is 1. The molecule has 0 radical (unpaired) electrons. The number of aryl methyl sites for hydroxylation is 2. The average molecular weight is 359 g/mol. The van der Waals surface area contributed by atoms with Gasteiger partial charge in [0.2, 0.25) is 5.69 Å². The van der Waals surface area contributed by atoms with Gasteiger partial charge in [0.1, 0.15) is 0 Å². The summed E-state index contributed by atoms with van der Waals surface area (Å²) >= 11 is 0. The summed E-state index contributed by atoms with van der Waals surface area (Å²) in [6.45, 7) is 14.1. The van der Waals surface area contributed by atoms with Crippen LogP contribution in [0.4, 0.5) is 0 Å². The first-order valence-corrected chi connectivity index (χ1v) is 10.5. The second kappa shape index (κ2) is 6.19. The Hall–Kier alpha value is -2.15. The largest absolute Gasteiger partial charge is 0.221 e. The van der Waals surface area contributed by atoms with E-state index in [4.69, 9.17) is 0 Å². The molecule has 0 fully saturated rings. The van der Waals surface area contributed by atoms with Gasteiger partial charge in [0.05, 0.1) is 16.4 Å². The smallest absolute Gasteiger partial charge is 0.192 e. The van der Waals surface area contributed by atoms with Gasteiger partial charge in [0.15, 0.2) is 11.7 Å². The molecule has 0 saturated carbocycles. The van der Waals surface area contributed by atoms with Crippen molar-refractivity contribution in [3.05, 3.63) is 65.4 Å². The summed E-state index contributed by atoms with van der Waals surface area (Å²) in [4.78, 5) is 0. The van der Waals surface area contributed by atoms with Crippen LogP contribution in [-0.2, 0) is 11.0 Å². The fraction of sp³-hybridized carbons (Fsp3) is 0.423. The summed E-state index contributed by atoms with van der Waals surface area (Å²) in [7, 11) is 0. The van der Waals surface area contributed by atoms with Crippen LogP contribution in [0, 0.1) is 13.8 Å². The van der Waals surface area contributed by atoms with Crippen LogP contribution >= 0.6 is 0 Å². The number of nitrogens with zero attached hydrogens (tertiary/aromatic N) is 1. The molecule has 0 spiro atoms. The molecule has 2 heterocycles. The fourth-order valence-corrected chi connectivity index (χ4v) is 5.72. The standard InChI is InChI=1S/C26H32N/c1-7-25(6)23-17-19(5)18(4)16-22(23)24-21-13-11-10-12-20(21)14-15-27(24)26(25,8-2)9-3/h10-17H,7-9H2,1-6H3/q+1. The third-order valence-corrected chi connectivity index (χ3v) is 7.71. The van der Waals surface area contributed by atoms with Crippen molar-refractivity contribution in [2.24, 2.45) is 0 Å².